The van der Waals surface area contributed by atoms with Crippen LogP contribution >= 0.6 is 31.9 Å². The van der Waals surface area contributed by atoms with Crippen LogP contribution < -0.4 is 0 Å². The number of carboxylic acid groups (broad SMARTS) is 1. The highest BCUT2D eigenvalue weighted by Gasteiger charge is 2.66. The first-order valence-electron chi connectivity index (χ1n) is 5.78. The van der Waals surface area contributed by atoms with Crippen molar-refractivity contribution in [2.24, 2.45) is 23.7 Å². The Labute approximate surface area is 120 Å². The van der Waals surface area contributed by atoms with Crippen molar-refractivity contribution in [1.29, 1.82) is 0 Å². The minimum Gasteiger partial charge on any atom is -0.480 e. The second-order valence-electron chi connectivity index (χ2n) is 5.16. The van der Waals surface area contributed by atoms with E-state index in [4.69, 9.17) is 5.11 Å². The number of carboxylic acids is 1. The standard InChI is InChI=1S/C11H11Br2NO4/c12-8-3-1-4(9(8)13)7-6(3)10(17)14(11(7)18)2-5(15)16/h3-4,6-9H,1-2H2,(H,15,16)/t3-,4+,6-,7-,8+,9-/m1/s1. The lowest BCUT2D eigenvalue weighted by molar-refractivity contribution is -0.149. The van der Waals surface area contributed by atoms with E-state index in [9.17, 15) is 14.4 Å². The van der Waals surface area contributed by atoms with Crippen molar-refractivity contribution in [3.63, 3.8) is 0 Å². The largest absolute Gasteiger partial charge is 0.480 e. The molecule has 2 saturated carbocycles. The molecule has 1 saturated heterocycles. The van der Waals surface area contributed by atoms with Crippen molar-refractivity contribution in [2.45, 2.75) is 16.1 Å². The van der Waals surface area contributed by atoms with Crippen molar-refractivity contribution in [3.8, 4) is 0 Å². The van der Waals surface area contributed by atoms with Gasteiger partial charge in [-0.05, 0) is 18.3 Å². The third kappa shape index (κ3) is 1.46. The Hall–Kier alpha value is -0.430. The summed E-state index contributed by atoms with van der Waals surface area (Å²) in [6, 6.07) is 0. The fourth-order valence-corrected chi connectivity index (χ4v) is 5.58. The summed E-state index contributed by atoms with van der Waals surface area (Å²) in [6.07, 6.45) is 0.861. The van der Waals surface area contributed by atoms with Gasteiger partial charge in [-0.2, -0.15) is 0 Å². The minimum absolute atomic E-state index is 0.139. The summed E-state index contributed by atoms with van der Waals surface area (Å²) in [4.78, 5) is 36.4. The number of carbonyl (C=O) groups excluding carboxylic acids is 2. The van der Waals surface area contributed by atoms with Crippen LogP contribution in [0.4, 0.5) is 0 Å². The molecule has 0 unspecified atom stereocenters. The monoisotopic (exact) mass is 379 g/mol. The van der Waals surface area contributed by atoms with Gasteiger partial charge in [-0.3, -0.25) is 19.3 Å². The number of halogens is 2. The van der Waals surface area contributed by atoms with Gasteiger partial charge < -0.3 is 5.11 Å². The summed E-state index contributed by atoms with van der Waals surface area (Å²) < 4.78 is 0. The molecule has 7 heteroatoms. The molecule has 1 aliphatic heterocycles. The average molecular weight is 381 g/mol. The van der Waals surface area contributed by atoms with E-state index in [-0.39, 0.29) is 45.1 Å². The van der Waals surface area contributed by atoms with Crippen LogP contribution in [0.15, 0.2) is 0 Å². The van der Waals surface area contributed by atoms with Gasteiger partial charge >= 0.3 is 5.97 Å². The predicted molar refractivity (Wildman–Crippen MR) is 68.4 cm³/mol. The molecule has 0 radical (unpaired) electrons. The number of amides is 2. The lowest BCUT2D eigenvalue weighted by atomic mass is 9.81. The van der Waals surface area contributed by atoms with Gasteiger partial charge in [0.2, 0.25) is 11.8 Å². The maximum atomic E-state index is 12.2. The smallest absolute Gasteiger partial charge is 0.323 e. The second-order valence-corrected chi connectivity index (χ2v) is 7.27. The molecule has 1 heterocycles. The molecule has 2 aliphatic carbocycles. The number of aliphatic carboxylic acids is 1. The van der Waals surface area contributed by atoms with Gasteiger partial charge in [0.25, 0.3) is 0 Å². The first-order valence-corrected chi connectivity index (χ1v) is 7.61. The number of hydrogen-bond donors (Lipinski definition) is 1. The lowest BCUT2D eigenvalue weighted by Gasteiger charge is -2.28. The third-order valence-electron chi connectivity index (χ3n) is 4.37. The number of likely N-dealkylation sites (tertiary alicyclic amines) is 1. The summed E-state index contributed by atoms with van der Waals surface area (Å²) in [5.41, 5.74) is 0. The number of imide groups is 1. The molecule has 3 fully saturated rings. The van der Waals surface area contributed by atoms with E-state index in [1.165, 1.54) is 0 Å². The van der Waals surface area contributed by atoms with E-state index in [1.807, 2.05) is 0 Å². The maximum absolute atomic E-state index is 12.2. The summed E-state index contributed by atoms with van der Waals surface area (Å²) in [5.74, 6) is -2.11. The molecule has 2 amide bonds. The number of fused-ring (bicyclic) bond motifs is 5. The Kier molecular flexibility index (Phi) is 2.82. The Balaban J connectivity index is 1.92. The summed E-state index contributed by atoms with van der Waals surface area (Å²) >= 11 is 7.14. The molecule has 1 N–H and O–H groups in total. The van der Waals surface area contributed by atoms with Crippen LogP contribution in [0.5, 0.6) is 0 Å². The zero-order valence-electron chi connectivity index (χ0n) is 9.25. The molecule has 3 rings (SSSR count). The van der Waals surface area contributed by atoms with E-state index < -0.39 is 12.5 Å². The van der Waals surface area contributed by atoms with Crippen LogP contribution in [-0.2, 0) is 14.4 Å². The van der Waals surface area contributed by atoms with Gasteiger partial charge in [0.15, 0.2) is 0 Å². The first kappa shape index (κ1) is 12.6. The number of hydrogen-bond acceptors (Lipinski definition) is 3. The fraction of sp³-hybridized carbons (Fsp3) is 0.727. The van der Waals surface area contributed by atoms with Gasteiger partial charge in [-0.1, -0.05) is 31.9 Å². The zero-order chi connectivity index (χ0) is 13.2. The van der Waals surface area contributed by atoms with Crippen LogP contribution in [0, 0.1) is 23.7 Å². The van der Waals surface area contributed by atoms with E-state index in [1.54, 1.807) is 0 Å². The fourth-order valence-electron chi connectivity index (χ4n) is 3.70. The summed E-state index contributed by atoms with van der Waals surface area (Å²) in [6.45, 7) is -0.510. The molecule has 0 aromatic heterocycles. The van der Waals surface area contributed by atoms with Gasteiger partial charge in [-0.25, -0.2) is 0 Å². The first-order chi connectivity index (χ1) is 8.43. The highest BCUT2D eigenvalue weighted by molar-refractivity contribution is 9.12. The maximum Gasteiger partial charge on any atom is 0.323 e. The van der Waals surface area contributed by atoms with Crippen molar-refractivity contribution >= 4 is 49.6 Å². The Morgan fingerprint density at radius 1 is 1.17 bits per heavy atom. The molecule has 0 aromatic carbocycles. The molecule has 0 spiro atoms. The quantitative estimate of drug-likeness (QED) is 0.569. The minimum atomic E-state index is -1.14. The Morgan fingerprint density at radius 2 is 1.61 bits per heavy atom. The number of carbonyl (C=O) groups is 3. The SMILES string of the molecule is O=C(O)CN1C(=O)[C@@H]2[C@@H]3C[C@@H]([C@H](Br)[C@@H]3Br)[C@H]2C1=O. The normalized spacial score (nSPS) is 45.8. The number of rotatable bonds is 2. The summed E-state index contributed by atoms with van der Waals surface area (Å²) in [7, 11) is 0. The molecular formula is C11H11Br2NO4. The molecule has 5 nitrogen and oxygen atoms in total. The molecule has 3 aliphatic rings. The van der Waals surface area contributed by atoms with Gasteiger partial charge in [0, 0.05) is 9.65 Å². The van der Waals surface area contributed by atoms with E-state index in [2.05, 4.69) is 31.9 Å². The molecular weight excluding hydrogens is 370 g/mol. The van der Waals surface area contributed by atoms with E-state index >= 15 is 0 Å². The summed E-state index contributed by atoms with van der Waals surface area (Å²) in [5, 5.41) is 8.76. The van der Waals surface area contributed by atoms with Crippen LogP contribution in [0.2, 0.25) is 0 Å². The average Bonchev–Trinajstić information content (AvgIpc) is 2.88. The number of alkyl halides is 2. The van der Waals surface area contributed by atoms with Crippen molar-refractivity contribution < 1.29 is 19.5 Å². The molecule has 18 heavy (non-hydrogen) atoms. The van der Waals surface area contributed by atoms with E-state index in [0.717, 1.165) is 11.3 Å². The number of nitrogens with zero attached hydrogens (tertiary/aromatic N) is 1. The Bertz CT molecular complexity index is 422. The van der Waals surface area contributed by atoms with Crippen molar-refractivity contribution in [3.05, 3.63) is 0 Å². The molecule has 0 aromatic rings. The molecule has 2 bridgehead atoms. The van der Waals surface area contributed by atoms with Crippen LogP contribution in [0.1, 0.15) is 6.42 Å². The lowest BCUT2D eigenvalue weighted by Crippen LogP contribution is -2.37. The van der Waals surface area contributed by atoms with Crippen LogP contribution in [0.3, 0.4) is 0 Å². The van der Waals surface area contributed by atoms with Crippen molar-refractivity contribution in [2.75, 3.05) is 6.54 Å². The highest BCUT2D eigenvalue weighted by atomic mass is 79.9. The molecule has 98 valence electrons. The van der Waals surface area contributed by atoms with E-state index in [0.29, 0.717) is 0 Å². The topological polar surface area (TPSA) is 74.7 Å². The van der Waals surface area contributed by atoms with Crippen LogP contribution in [-0.4, -0.2) is 44.0 Å². The van der Waals surface area contributed by atoms with Crippen LogP contribution in [0.25, 0.3) is 0 Å². The third-order valence-corrected chi connectivity index (χ3v) is 7.58. The van der Waals surface area contributed by atoms with Gasteiger partial charge in [0.1, 0.15) is 6.54 Å². The molecule has 6 atom stereocenters. The van der Waals surface area contributed by atoms with Gasteiger partial charge in [-0.15, -0.1) is 0 Å². The zero-order valence-corrected chi connectivity index (χ0v) is 12.4. The highest BCUT2D eigenvalue weighted by Crippen LogP contribution is 2.60. The second kappa shape index (κ2) is 4.03. The Morgan fingerprint density at radius 3 is 2.00 bits per heavy atom. The van der Waals surface area contributed by atoms with Gasteiger partial charge in [0.05, 0.1) is 11.8 Å². The van der Waals surface area contributed by atoms with Crippen molar-refractivity contribution in [1.82, 2.24) is 4.90 Å². The predicted octanol–water partition coefficient (Wildman–Crippen LogP) is 0.849.